The lowest BCUT2D eigenvalue weighted by Crippen LogP contribution is -2.14. The SMILES string of the molecule is CC1(C)c2ccccc2-c2ccc(-c3ccc4cc(-c5ccc6cc(-c7ccc8ccc9ccc(-c%10cccc(-n%11c(-c%12ccccc%12)nc%12ccccc%12%11)c%10)nc9c8n7)ccc6c5)c5ccc(-c6ccc(-c7nc8ccccc8n7-c7ccccc7)cc6)nc5c4n3)cc21. The van der Waals surface area contributed by atoms with Crippen LogP contribution in [-0.4, -0.2) is 39.0 Å². The molecule has 0 fully saturated rings. The number of aromatic nitrogens is 8. The molecule has 0 saturated carbocycles. The number of rotatable bonds is 9. The second-order valence-corrected chi connectivity index (χ2v) is 25.4. The Labute approximate surface area is 547 Å². The molecule has 444 valence electrons. The Bertz CT molecular complexity index is 6180. The Balaban J connectivity index is 0.687. The molecule has 8 nitrogen and oxygen atoms in total. The molecule has 18 aromatic rings. The third-order valence-corrected chi connectivity index (χ3v) is 19.5. The summed E-state index contributed by atoms with van der Waals surface area (Å²) >= 11 is 0. The third kappa shape index (κ3) is 8.90. The molecule has 8 heteroatoms. The summed E-state index contributed by atoms with van der Waals surface area (Å²) in [5, 5.41) is 6.36. The van der Waals surface area contributed by atoms with Crippen molar-refractivity contribution in [3.8, 4) is 101 Å². The topological polar surface area (TPSA) is 87.2 Å². The van der Waals surface area contributed by atoms with Crippen LogP contribution in [0.4, 0.5) is 0 Å². The van der Waals surface area contributed by atoms with Crippen molar-refractivity contribution in [1.29, 1.82) is 0 Å². The van der Waals surface area contributed by atoms with E-state index >= 15 is 0 Å². The highest BCUT2D eigenvalue weighted by molar-refractivity contribution is 6.12. The van der Waals surface area contributed by atoms with Gasteiger partial charge in [0.25, 0.3) is 0 Å². The van der Waals surface area contributed by atoms with Gasteiger partial charge in [-0.05, 0) is 147 Å². The number of hydrogen-bond acceptors (Lipinski definition) is 6. The molecule has 95 heavy (non-hydrogen) atoms. The average Bonchev–Trinajstić information content (AvgIpc) is 1.41. The van der Waals surface area contributed by atoms with Gasteiger partial charge in [-0.2, -0.15) is 0 Å². The van der Waals surface area contributed by atoms with E-state index in [1.165, 1.54) is 22.3 Å². The molecule has 1 aliphatic carbocycles. The van der Waals surface area contributed by atoms with Crippen molar-refractivity contribution in [2.75, 3.05) is 0 Å². The molecule has 0 aliphatic heterocycles. The first-order chi connectivity index (χ1) is 46.8. The second-order valence-electron chi connectivity index (χ2n) is 25.4. The molecule has 0 saturated heterocycles. The van der Waals surface area contributed by atoms with Gasteiger partial charge in [-0.1, -0.05) is 214 Å². The second kappa shape index (κ2) is 21.3. The lowest BCUT2D eigenvalue weighted by Gasteiger charge is -2.22. The van der Waals surface area contributed by atoms with Crippen LogP contribution >= 0.6 is 0 Å². The van der Waals surface area contributed by atoms with Crippen LogP contribution in [0.25, 0.3) is 178 Å². The highest BCUT2D eigenvalue weighted by Gasteiger charge is 2.35. The lowest BCUT2D eigenvalue weighted by molar-refractivity contribution is 0.660. The molecule has 0 bridgehead atoms. The van der Waals surface area contributed by atoms with Crippen molar-refractivity contribution in [3.63, 3.8) is 0 Å². The summed E-state index contributed by atoms with van der Waals surface area (Å²) in [7, 11) is 0. The Kier molecular flexibility index (Phi) is 12.1. The summed E-state index contributed by atoms with van der Waals surface area (Å²) in [5.41, 5.74) is 26.6. The third-order valence-electron chi connectivity index (χ3n) is 19.5. The van der Waals surface area contributed by atoms with Crippen LogP contribution in [0.15, 0.2) is 303 Å². The van der Waals surface area contributed by atoms with E-state index in [9.17, 15) is 0 Å². The highest BCUT2D eigenvalue weighted by atomic mass is 15.1. The maximum Gasteiger partial charge on any atom is 0.145 e. The average molecular weight is 1210 g/mol. The summed E-state index contributed by atoms with van der Waals surface area (Å²) in [6.45, 7) is 4.66. The predicted molar refractivity (Wildman–Crippen MR) is 390 cm³/mol. The minimum Gasteiger partial charge on any atom is -0.292 e. The molecule has 0 radical (unpaired) electrons. The Hall–Kier alpha value is -12.5. The van der Waals surface area contributed by atoms with Gasteiger partial charge in [0.05, 0.1) is 66.9 Å². The van der Waals surface area contributed by atoms with Crippen molar-refractivity contribution >= 4 is 76.5 Å². The van der Waals surface area contributed by atoms with Gasteiger partial charge in [-0.25, -0.2) is 29.9 Å². The number of fused-ring (bicyclic) bond motifs is 12. The first kappa shape index (κ1) is 54.2. The maximum atomic E-state index is 5.61. The number of hydrogen-bond donors (Lipinski definition) is 0. The summed E-state index contributed by atoms with van der Waals surface area (Å²) in [5.74, 6) is 1.78. The van der Waals surface area contributed by atoms with Crippen LogP contribution < -0.4 is 0 Å². The molecule has 19 rings (SSSR count). The minimum atomic E-state index is -0.142. The van der Waals surface area contributed by atoms with Crippen LogP contribution in [0.5, 0.6) is 0 Å². The molecule has 6 heterocycles. The van der Waals surface area contributed by atoms with Crippen molar-refractivity contribution in [1.82, 2.24) is 39.0 Å². The smallest absolute Gasteiger partial charge is 0.145 e. The fourth-order valence-electron chi connectivity index (χ4n) is 14.7. The van der Waals surface area contributed by atoms with E-state index in [1.807, 2.05) is 24.3 Å². The fraction of sp³-hybridized carbons (Fsp3) is 0.0345. The van der Waals surface area contributed by atoms with Gasteiger partial charge < -0.3 is 0 Å². The summed E-state index contributed by atoms with van der Waals surface area (Å²) in [6, 6.07) is 108. The maximum absolute atomic E-state index is 5.61. The molecule has 0 spiro atoms. The predicted octanol–water partition coefficient (Wildman–Crippen LogP) is 21.7. The first-order valence-electron chi connectivity index (χ1n) is 32.3. The van der Waals surface area contributed by atoms with Crippen molar-refractivity contribution in [2.24, 2.45) is 0 Å². The van der Waals surface area contributed by atoms with Gasteiger partial charge in [0.1, 0.15) is 11.6 Å². The van der Waals surface area contributed by atoms with E-state index in [0.29, 0.717) is 0 Å². The minimum absolute atomic E-state index is 0.142. The van der Waals surface area contributed by atoms with E-state index in [4.69, 9.17) is 29.9 Å². The molecular formula is C87H56N8. The van der Waals surface area contributed by atoms with E-state index in [-0.39, 0.29) is 5.41 Å². The van der Waals surface area contributed by atoms with Crippen molar-refractivity contribution in [2.45, 2.75) is 19.3 Å². The van der Waals surface area contributed by atoms with Gasteiger partial charge in [0, 0.05) is 71.7 Å². The number of para-hydroxylation sites is 5. The van der Waals surface area contributed by atoms with Crippen LogP contribution in [0.1, 0.15) is 25.0 Å². The zero-order chi connectivity index (χ0) is 62.9. The van der Waals surface area contributed by atoms with Crippen LogP contribution in [0.3, 0.4) is 0 Å². The summed E-state index contributed by atoms with van der Waals surface area (Å²) in [6.07, 6.45) is 0. The van der Waals surface area contributed by atoms with Gasteiger partial charge in [-0.3, -0.25) is 9.13 Å². The molecule has 0 unspecified atom stereocenters. The molecule has 0 amide bonds. The number of pyridine rings is 4. The Morgan fingerprint density at radius 3 is 1.39 bits per heavy atom. The zero-order valence-electron chi connectivity index (χ0n) is 51.9. The molecule has 1 aliphatic rings. The van der Waals surface area contributed by atoms with Gasteiger partial charge in [0.2, 0.25) is 0 Å². The molecule has 0 atom stereocenters. The summed E-state index contributed by atoms with van der Waals surface area (Å²) < 4.78 is 4.49. The van der Waals surface area contributed by atoms with E-state index < -0.39 is 0 Å². The van der Waals surface area contributed by atoms with E-state index in [1.54, 1.807) is 0 Å². The van der Waals surface area contributed by atoms with Crippen molar-refractivity contribution < 1.29 is 0 Å². The van der Waals surface area contributed by atoms with Crippen LogP contribution in [-0.2, 0) is 5.41 Å². The summed E-state index contributed by atoms with van der Waals surface area (Å²) in [4.78, 5) is 32.3. The number of benzene rings is 12. The monoisotopic (exact) mass is 1210 g/mol. The quantitative estimate of drug-likeness (QED) is 0.134. The zero-order valence-corrected chi connectivity index (χ0v) is 51.9. The standard InChI is InChI=1S/C87H56N8/c1-87(2)71-23-10-9-22-67(71)68-42-38-63(52-72(68)87)76-46-41-64-51-70(69-43-47-73(91-84(69)83(64)90-76)53-28-32-57(33-29-53)86-93-77-24-11-13-26-79(77)94(86)65-19-7-4-8-20-65)60-36-34-59-49-62(37-35-58(59)48-60)75-45-40-55-31-30-54-39-44-74(88-81(54)82(55)89-75)61-18-15-21-66(50-61)95-80-27-14-12-25-78(80)92-85(95)56-16-5-3-6-17-56/h3-52H,1-2H3. The largest absolute Gasteiger partial charge is 0.292 e. The van der Waals surface area contributed by atoms with E-state index in [2.05, 4.69) is 302 Å². The van der Waals surface area contributed by atoms with Crippen LogP contribution in [0, 0.1) is 0 Å². The Morgan fingerprint density at radius 2 is 0.695 bits per heavy atom. The van der Waals surface area contributed by atoms with Gasteiger partial charge in [-0.15, -0.1) is 0 Å². The van der Waals surface area contributed by atoms with Crippen molar-refractivity contribution in [3.05, 3.63) is 314 Å². The first-order valence-corrected chi connectivity index (χ1v) is 32.3. The highest BCUT2D eigenvalue weighted by Crippen LogP contribution is 2.50. The number of nitrogens with zero attached hydrogens (tertiary/aromatic N) is 8. The normalized spacial score (nSPS) is 12.6. The molecule has 12 aromatic carbocycles. The lowest BCUT2D eigenvalue weighted by atomic mass is 9.82. The Morgan fingerprint density at radius 1 is 0.253 bits per heavy atom. The molecule has 6 aromatic heterocycles. The number of imidazole rings is 2. The fourth-order valence-corrected chi connectivity index (χ4v) is 14.7. The van der Waals surface area contributed by atoms with Gasteiger partial charge >= 0.3 is 0 Å². The van der Waals surface area contributed by atoms with Crippen LogP contribution in [0.2, 0.25) is 0 Å². The molecule has 0 N–H and O–H groups in total. The van der Waals surface area contributed by atoms with Gasteiger partial charge in [0.15, 0.2) is 0 Å². The molecular weight excluding hydrogens is 1160 g/mol. The van der Waals surface area contributed by atoms with E-state index in [0.717, 1.165) is 167 Å².